The fourth-order valence-corrected chi connectivity index (χ4v) is 4.11. The van der Waals surface area contributed by atoms with Gasteiger partial charge in [0.25, 0.3) is 0 Å². The van der Waals surface area contributed by atoms with Gasteiger partial charge in [0.2, 0.25) is 5.91 Å². The van der Waals surface area contributed by atoms with Crippen molar-refractivity contribution in [3.63, 3.8) is 0 Å². The lowest BCUT2D eigenvalue weighted by molar-refractivity contribution is -0.116. The largest absolute Gasteiger partial charge is 0.490 e. The van der Waals surface area contributed by atoms with E-state index in [-0.39, 0.29) is 11.8 Å². The van der Waals surface area contributed by atoms with E-state index in [9.17, 15) is 4.79 Å². The molecule has 168 valence electrons. The van der Waals surface area contributed by atoms with Crippen LogP contribution in [0.15, 0.2) is 49.3 Å². The highest BCUT2D eigenvalue weighted by Crippen LogP contribution is 2.42. The quantitative estimate of drug-likeness (QED) is 0.436. The summed E-state index contributed by atoms with van der Waals surface area (Å²) in [4.78, 5) is 12.7. The predicted octanol–water partition coefficient (Wildman–Crippen LogP) is 3.06. The van der Waals surface area contributed by atoms with Crippen LogP contribution >= 0.6 is 0 Å². The summed E-state index contributed by atoms with van der Waals surface area (Å²) in [6.07, 6.45) is 3.51. The van der Waals surface area contributed by atoms with Gasteiger partial charge in [0.05, 0.1) is 12.3 Å². The SMILES string of the molecule is C=CCOc1ccc(C2CC(=O)Nc3c2c(C)nn3-c2ccc3nncn3n2)cc1OCC. The topological polar surface area (TPSA) is 108 Å². The minimum absolute atomic E-state index is 0.0935. The summed E-state index contributed by atoms with van der Waals surface area (Å²) < 4.78 is 14.8. The van der Waals surface area contributed by atoms with Gasteiger partial charge in [-0.15, -0.1) is 15.3 Å². The van der Waals surface area contributed by atoms with Crippen LogP contribution in [0.5, 0.6) is 11.5 Å². The standard InChI is InChI=1S/C23H23N7O3/c1-4-10-33-17-7-6-15(11-18(17)32-5-2)16-12-21(31)25-23-22(16)14(3)27-30(23)20-9-8-19-26-24-13-29(19)28-20/h4,6-9,11,13,16H,1,5,10,12H2,2-3H3,(H,25,31). The van der Waals surface area contributed by atoms with E-state index in [1.54, 1.807) is 27.4 Å². The summed E-state index contributed by atoms with van der Waals surface area (Å²) in [6.45, 7) is 8.43. The Morgan fingerprint density at radius 1 is 1.21 bits per heavy atom. The summed E-state index contributed by atoms with van der Waals surface area (Å²) in [5.74, 6) is 2.15. The Bertz CT molecular complexity index is 1360. The number of ether oxygens (including phenoxy) is 2. The number of carbonyl (C=O) groups excluding carboxylic acids is 1. The highest BCUT2D eigenvalue weighted by molar-refractivity contribution is 5.95. The van der Waals surface area contributed by atoms with Crippen LogP contribution in [-0.2, 0) is 4.79 Å². The zero-order chi connectivity index (χ0) is 22.9. The van der Waals surface area contributed by atoms with Crippen molar-refractivity contribution in [2.24, 2.45) is 0 Å². The third-order valence-corrected chi connectivity index (χ3v) is 5.49. The monoisotopic (exact) mass is 445 g/mol. The van der Waals surface area contributed by atoms with Crippen LogP contribution in [0.4, 0.5) is 5.82 Å². The second-order valence-electron chi connectivity index (χ2n) is 7.63. The van der Waals surface area contributed by atoms with Crippen LogP contribution < -0.4 is 14.8 Å². The molecule has 1 N–H and O–H groups in total. The molecule has 1 aromatic carbocycles. The Balaban J connectivity index is 1.59. The number of fused-ring (bicyclic) bond motifs is 2. The normalized spacial score (nSPS) is 15.2. The summed E-state index contributed by atoms with van der Waals surface area (Å²) in [5.41, 5.74) is 3.33. The molecule has 10 nitrogen and oxygen atoms in total. The van der Waals surface area contributed by atoms with Crippen molar-refractivity contribution in [1.82, 2.24) is 29.6 Å². The maximum atomic E-state index is 12.7. The molecule has 4 heterocycles. The zero-order valence-corrected chi connectivity index (χ0v) is 18.4. The first-order chi connectivity index (χ1) is 16.1. The van der Waals surface area contributed by atoms with E-state index in [0.717, 1.165) is 16.8 Å². The highest BCUT2D eigenvalue weighted by Gasteiger charge is 2.33. The van der Waals surface area contributed by atoms with Gasteiger partial charge in [-0.25, -0.2) is 0 Å². The summed E-state index contributed by atoms with van der Waals surface area (Å²) in [7, 11) is 0. The minimum Gasteiger partial charge on any atom is -0.490 e. The number of rotatable bonds is 7. The van der Waals surface area contributed by atoms with Crippen molar-refractivity contribution in [1.29, 1.82) is 0 Å². The summed E-state index contributed by atoms with van der Waals surface area (Å²) in [5, 5.41) is 20.1. The highest BCUT2D eigenvalue weighted by atomic mass is 16.5. The van der Waals surface area contributed by atoms with Crippen LogP contribution in [0.2, 0.25) is 0 Å². The number of hydrogen-bond donors (Lipinski definition) is 1. The van der Waals surface area contributed by atoms with E-state index in [2.05, 4.69) is 27.2 Å². The molecule has 1 aliphatic heterocycles. The first-order valence-electron chi connectivity index (χ1n) is 10.7. The molecule has 0 saturated heterocycles. The van der Waals surface area contributed by atoms with Gasteiger partial charge in [-0.2, -0.15) is 14.3 Å². The number of aromatic nitrogens is 6. The average molecular weight is 445 g/mol. The van der Waals surface area contributed by atoms with Crippen LogP contribution in [-0.4, -0.2) is 48.7 Å². The molecule has 33 heavy (non-hydrogen) atoms. The van der Waals surface area contributed by atoms with Crippen LogP contribution in [0.25, 0.3) is 11.5 Å². The number of benzene rings is 1. The van der Waals surface area contributed by atoms with Crippen LogP contribution in [0.3, 0.4) is 0 Å². The smallest absolute Gasteiger partial charge is 0.226 e. The Hall–Kier alpha value is -4.21. The van der Waals surface area contributed by atoms with Crippen LogP contribution in [0.1, 0.15) is 36.1 Å². The van der Waals surface area contributed by atoms with E-state index in [1.807, 2.05) is 32.0 Å². The van der Waals surface area contributed by atoms with Crippen molar-refractivity contribution < 1.29 is 14.3 Å². The van der Waals surface area contributed by atoms with Gasteiger partial charge in [-0.05, 0) is 43.7 Å². The summed E-state index contributed by atoms with van der Waals surface area (Å²) in [6, 6.07) is 9.37. The third kappa shape index (κ3) is 3.69. The molecule has 1 aliphatic rings. The molecule has 3 aromatic heterocycles. The molecule has 0 aliphatic carbocycles. The maximum Gasteiger partial charge on any atom is 0.226 e. The molecule has 10 heteroatoms. The van der Waals surface area contributed by atoms with E-state index in [1.165, 1.54) is 6.33 Å². The van der Waals surface area contributed by atoms with E-state index >= 15 is 0 Å². The lowest BCUT2D eigenvalue weighted by Gasteiger charge is -2.25. The number of carbonyl (C=O) groups is 1. The fraction of sp³-hybridized carbons (Fsp3) is 0.261. The Morgan fingerprint density at radius 2 is 2.09 bits per heavy atom. The Morgan fingerprint density at radius 3 is 2.91 bits per heavy atom. The number of hydrogen-bond acceptors (Lipinski definition) is 7. The minimum atomic E-state index is -0.186. The average Bonchev–Trinajstić information content (AvgIpc) is 3.41. The zero-order valence-electron chi connectivity index (χ0n) is 18.4. The molecular formula is C23H23N7O3. The second-order valence-corrected chi connectivity index (χ2v) is 7.63. The molecular weight excluding hydrogens is 422 g/mol. The van der Waals surface area contributed by atoms with Gasteiger partial charge in [0, 0.05) is 17.9 Å². The predicted molar refractivity (Wildman–Crippen MR) is 121 cm³/mol. The van der Waals surface area contributed by atoms with Gasteiger partial charge in [0.15, 0.2) is 23.0 Å². The molecule has 5 rings (SSSR count). The van der Waals surface area contributed by atoms with Gasteiger partial charge in [-0.1, -0.05) is 18.7 Å². The van der Waals surface area contributed by atoms with Crippen molar-refractivity contribution in [2.75, 3.05) is 18.5 Å². The Labute approximate surface area is 189 Å². The fourth-order valence-electron chi connectivity index (χ4n) is 4.11. The first kappa shape index (κ1) is 20.7. The first-order valence-corrected chi connectivity index (χ1v) is 10.7. The van der Waals surface area contributed by atoms with Gasteiger partial charge in [-0.3, -0.25) is 4.79 Å². The molecule has 0 radical (unpaired) electrons. The number of anilines is 1. The molecule has 0 saturated carbocycles. The number of amides is 1. The maximum absolute atomic E-state index is 12.7. The molecule has 0 spiro atoms. The molecule has 1 atom stereocenters. The van der Waals surface area contributed by atoms with Crippen LogP contribution in [0, 0.1) is 6.92 Å². The molecule has 4 aromatic rings. The van der Waals surface area contributed by atoms with Crippen molar-refractivity contribution in [3.8, 4) is 17.3 Å². The lowest BCUT2D eigenvalue weighted by atomic mass is 9.85. The number of aryl methyl sites for hydroxylation is 1. The molecule has 1 amide bonds. The van der Waals surface area contributed by atoms with Gasteiger partial charge >= 0.3 is 0 Å². The van der Waals surface area contributed by atoms with E-state index < -0.39 is 0 Å². The molecule has 0 fully saturated rings. The number of nitrogens with zero attached hydrogens (tertiary/aromatic N) is 6. The van der Waals surface area contributed by atoms with Crippen molar-refractivity contribution in [2.45, 2.75) is 26.2 Å². The lowest BCUT2D eigenvalue weighted by Crippen LogP contribution is -2.25. The van der Waals surface area contributed by atoms with E-state index in [0.29, 0.717) is 48.4 Å². The van der Waals surface area contributed by atoms with Gasteiger partial charge in [0.1, 0.15) is 18.8 Å². The second kappa shape index (κ2) is 8.38. The molecule has 1 unspecified atom stereocenters. The summed E-state index contributed by atoms with van der Waals surface area (Å²) >= 11 is 0. The van der Waals surface area contributed by atoms with Crippen molar-refractivity contribution >= 4 is 17.4 Å². The van der Waals surface area contributed by atoms with Crippen molar-refractivity contribution in [3.05, 3.63) is 66.1 Å². The number of nitrogens with one attached hydrogen (secondary N) is 1. The van der Waals surface area contributed by atoms with Gasteiger partial charge < -0.3 is 14.8 Å². The Kier molecular flexibility index (Phi) is 5.25. The van der Waals surface area contributed by atoms with E-state index in [4.69, 9.17) is 14.6 Å². The third-order valence-electron chi connectivity index (χ3n) is 5.49. The molecule has 0 bridgehead atoms.